The molecule has 1 saturated heterocycles. The molecule has 1 aromatic rings. The van der Waals surface area contributed by atoms with Gasteiger partial charge >= 0.3 is 0 Å². The van der Waals surface area contributed by atoms with Crippen molar-refractivity contribution in [1.29, 1.82) is 0 Å². The normalized spacial score (nSPS) is 16.1. The van der Waals surface area contributed by atoms with Gasteiger partial charge in [0, 0.05) is 18.8 Å². The molecule has 1 aromatic carbocycles. The third-order valence-corrected chi connectivity index (χ3v) is 4.57. The van der Waals surface area contributed by atoms with Crippen LogP contribution < -0.4 is 0 Å². The molecule has 0 atom stereocenters. The molecule has 4 nitrogen and oxygen atoms in total. The first kappa shape index (κ1) is 16.3. The van der Waals surface area contributed by atoms with Crippen LogP contribution in [0.2, 0.25) is 0 Å². The van der Waals surface area contributed by atoms with Crippen molar-refractivity contribution < 1.29 is 14.6 Å². The van der Waals surface area contributed by atoms with Crippen molar-refractivity contribution in [3.63, 3.8) is 0 Å². The fourth-order valence-corrected chi connectivity index (χ4v) is 3.30. The summed E-state index contributed by atoms with van der Waals surface area (Å²) in [5.41, 5.74) is 1.26. The Kier molecular flexibility index (Phi) is 7.06. The van der Waals surface area contributed by atoms with Gasteiger partial charge in [-0.05, 0) is 18.4 Å². The van der Waals surface area contributed by atoms with Crippen molar-refractivity contribution in [2.45, 2.75) is 24.7 Å². The highest BCUT2D eigenvalue weighted by Gasteiger charge is 2.22. The lowest BCUT2D eigenvalue weighted by Crippen LogP contribution is -2.41. The molecular formula is C16H23NO3S. The molecule has 0 spiro atoms. The molecule has 0 aromatic heterocycles. The minimum Gasteiger partial charge on any atom is -0.394 e. The molecule has 1 fully saturated rings. The average Bonchev–Trinajstić information content (AvgIpc) is 2.54. The minimum atomic E-state index is 0.0648. The largest absolute Gasteiger partial charge is 0.394 e. The van der Waals surface area contributed by atoms with Crippen molar-refractivity contribution in [1.82, 2.24) is 4.90 Å². The number of thioether (sulfide) groups is 1. The molecule has 0 unspecified atom stereocenters. The Labute approximate surface area is 130 Å². The molecule has 0 radical (unpaired) electrons. The fraction of sp³-hybridized carbons (Fsp3) is 0.562. The monoisotopic (exact) mass is 309 g/mol. The predicted octanol–water partition coefficient (Wildman–Crippen LogP) is 1.92. The van der Waals surface area contributed by atoms with Crippen LogP contribution in [0.25, 0.3) is 0 Å². The molecule has 1 heterocycles. The third kappa shape index (κ3) is 5.69. The molecule has 2 rings (SSSR count). The van der Waals surface area contributed by atoms with Crippen LogP contribution in [0.5, 0.6) is 0 Å². The van der Waals surface area contributed by atoms with E-state index >= 15 is 0 Å². The molecular weight excluding hydrogens is 286 g/mol. The van der Waals surface area contributed by atoms with Crippen LogP contribution in [0.1, 0.15) is 18.4 Å². The van der Waals surface area contributed by atoms with Gasteiger partial charge in [0.25, 0.3) is 0 Å². The summed E-state index contributed by atoms with van der Waals surface area (Å²) in [4.78, 5) is 14.1. The molecule has 1 N–H and O–H groups in total. The van der Waals surface area contributed by atoms with Gasteiger partial charge in [0.15, 0.2) is 0 Å². The predicted molar refractivity (Wildman–Crippen MR) is 85.2 cm³/mol. The van der Waals surface area contributed by atoms with Crippen LogP contribution in [-0.4, -0.2) is 54.1 Å². The number of ether oxygens (including phenoxy) is 1. The van der Waals surface area contributed by atoms with Crippen LogP contribution >= 0.6 is 11.8 Å². The number of aliphatic hydroxyl groups is 1. The number of benzene rings is 1. The van der Waals surface area contributed by atoms with Crippen LogP contribution in [0, 0.1) is 0 Å². The number of nitrogens with zero attached hydrogens (tertiary/aromatic N) is 1. The molecule has 1 aliphatic rings. The Balaban J connectivity index is 1.63. The summed E-state index contributed by atoms with van der Waals surface area (Å²) < 4.78 is 5.51. The van der Waals surface area contributed by atoms with Crippen LogP contribution in [0.3, 0.4) is 0 Å². The summed E-state index contributed by atoms with van der Waals surface area (Å²) in [6, 6.07) is 10.2. The maximum absolute atomic E-state index is 12.1. The first-order valence-corrected chi connectivity index (χ1v) is 8.57. The number of piperidine rings is 1. The molecule has 5 heteroatoms. The zero-order valence-electron chi connectivity index (χ0n) is 12.2. The van der Waals surface area contributed by atoms with Crippen LogP contribution in [0.15, 0.2) is 30.3 Å². The molecule has 0 aliphatic carbocycles. The lowest BCUT2D eigenvalue weighted by Gasteiger charge is -2.31. The van der Waals surface area contributed by atoms with Crippen molar-refractivity contribution in [2.75, 3.05) is 32.1 Å². The highest BCUT2D eigenvalue weighted by molar-refractivity contribution is 7.99. The summed E-state index contributed by atoms with van der Waals surface area (Å²) in [5.74, 6) is 1.64. The highest BCUT2D eigenvalue weighted by Crippen LogP contribution is 2.17. The van der Waals surface area contributed by atoms with Gasteiger partial charge in [-0.1, -0.05) is 30.3 Å². The first-order valence-electron chi connectivity index (χ1n) is 7.41. The van der Waals surface area contributed by atoms with E-state index in [-0.39, 0.29) is 18.6 Å². The summed E-state index contributed by atoms with van der Waals surface area (Å²) in [6.45, 7) is 1.99. The molecule has 116 valence electrons. The minimum absolute atomic E-state index is 0.0648. The second-order valence-electron chi connectivity index (χ2n) is 5.15. The van der Waals surface area contributed by atoms with Gasteiger partial charge in [-0.15, -0.1) is 11.8 Å². The van der Waals surface area contributed by atoms with Gasteiger partial charge in [-0.3, -0.25) is 4.79 Å². The van der Waals surface area contributed by atoms with Crippen molar-refractivity contribution in [3.8, 4) is 0 Å². The zero-order chi connectivity index (χ0) is 14.9. The lowest BCUT2D eigenvalue weighted by molar-refractivity contribution is -0.131. The quantitative estimate of drug-likeness (QED) is 0.836. The van der Waals surface area contributed by atoms with E-state index in [1.807, 2.05) is 23.1 Å². The van der Waals surface area contributed by atoms with Crippen molar-refractivity contribution in [2.24, 2.45) is 0 Å². The number of aliphatic hydroxyl groups excluding tert-OH is 1. The summed E-state index contributed by atoms with van der Waals surface area (Å²) in [5, 5.41) is 8.74. The van der Waals surface area contributed by atoms with E-state index in [4.69, 9.17) is 9.84 Å². The summed E-state index contributed by atoms with van der Waals surface area (Å²) in [6.07, 6.45) is 1.93. The molecule has 0 bridgehead atoms. The van der Waals surface area contributed by atoms with Gasteiger partial charge in [-0.2, -0.15) is 0 Å². The van der Waals surface area contributed by atoms with Gasteiger partial charge in [0.05, 0.1) is 25.1 Å². The van der Waals surface area contributed by atoms with E-state index < -0.39 is 0 Å². The number of likely N-dealkylation sites (tertiary alicyclic amines) is 1. The van der Waals surface area contributed by atoms with Crippen molar-refractivity contribution in [3.05, 3.63) is 35.9 Å². The Morgan fingerprint density at radius 1 is 1.29 bits per heavy atom. The summed E-state index contributed by atoms with van der Waals surface area (Å²) in [7, 11) is 0. The Hall–Kier alpha value is -1.04. The second-order valence-corrected chi connectivity index (χ2v) is 6.14. The van der Waals surface area contributed by atoms with E-state index in [0.29, 0.717) is 12.4 Å². The number of carbonyl (C=O) groups is 1. The Morgan fingerprint density at radius 2 is 2.00 bits per heavy atom. The van der Waals surface area contributed by atoms with Crippen molar-refractivity contribution >= 4 is 17.7 Å². The molecule has 1 aliphatic heterocycles. The third-order valence-electron chi connectivity index (χ3n) is 3.58. The molecule has 0 saturated carbocycles. The number of carbonyl (C=O) groups excluding carboxylic acids is 1. The lowest BCUT2D eigenvalue weighted by atomic mass is 10.1. The Bertz CT molecular complexity index is 419. The topological polar surface area (TPSA) is 49.8 Å². The Morgan fingerprint density at radius 3 is 2.67 bits per heavy atom. The number of hydrogen-bond donors (Lipinski definition) is 1. The van der Waals surface area contributed by atoms with E-state index in [2.05, 4.69) is 12.1 Å². The smallest absolute Gasteiger partial charge is 0.232 e. The zero-order valence-corrected chi connectivity index (χ0v) is 13.1. The first-order chi connectivity index (χ1) is 10.3. The molecule has 21 heavy (non-hydrogen) atoms. The maximum Gasteiger partial charge on any atom is 0.232 e. The second kappa shape index (κ2) is 9.07. The summed E-state index contributed by atoms with van der Waals surface area (Å²) >= 11 is 1.67. The SMILES string of the molecule is O=C(CSCc1ccccc1)N1CCC(OCCO)CC1. The van der Waals surface area contributed by atoms with Crippen LogP contribution in [-0.2, 0) is 15.3 Å². The van der Waals surface area contributed by atoms with Gasteiger partial charge in [0.2, 0.25) is 5.91 Å². The average molecular weight is 309 g/mol. The van der Waals surface area contributed by atoms with E-state index in [1.165, 1.54) is 5.56 Å². The fourth-order valence-electron chi connectivity index (χ4n) is 2.41. The number of hydrogen-bond acceptors (Lipinski definition) is 4. The van der Waals surface area contributed by atoms with Gasteiger partial charge in [0.1, 0.15) is 0 Å². The molecule has 1 amide bonds. The highest BCUT2D eigenvalue weighted by atomic mass is 32.2. The van der Waals surface area contributed by atoms with Crippen LogP contribution in [0.4, 0.5) is 0 Å². The standard InChI is InChI=1S/C16H23NO3S/c18-10-11-20-15-6-8-17(9-7-15)16(19)13-21-12-14-4-2-1-3-5-14/h1-5,15,18H,6-13H2. The van der Waals surface area contributed by atoms with Gasteiger partial charge in [-0.25, -0.2) is 0 Å². The van der Waals surface area contributed by atoms with E-state index in [9.17, 15) is 4.79 Å². The number of amides is 1. The van der Waals surface area contributed by atoms with Gasteiger partial charge < -0.3 is 14.7 Å². The number of rotatable bonds is 7. The van der Waals surface area contributed by atoms with E-state index in [1.54, 1.807) is 11.8 Å². The van der Waals surface area contributed by atoms with E-state index in [0.717, 1.165) is 31.7 Å². The maximum atomic E-state index is 12.1.